The van der Waals surface area contributed by atoms with Gasteiger partial charge in [-0.3, -0.25) is 9.59 Å². The van der Waals surface area contributed by atoms with Crippen molar-refractivity contribution in [1.82, 2.24) is 4.57 Å². The van der Waals surface area contributed by atoms with E-state index >= 15 is 0 Å². The number of carbonyl (C=O) groups excluding carboxylic acids is 1. The number of ketones is 1. The van der Waals surface area contributed by atoms with E-state index in [1.54, 1.807) is 32.4 Å². The predicted molar refractivity (Wildman–Crippen MR) is 92.9 cm³/mol. The van der Waals surface area contributed by atoms with Gasteiger partial charge in [-0.1, -0.05) is 18.2 Å². The van der Waals surface area contributed by atoms with Crippen molar-refractivity contribution in [1.29, 1.82) is 0 Å². The van der Waals surface area contributed by atoms with Gasteiger partial charge in [-0.05, 0) is 24.3 Å². The van der Waals surface area contributed by atoms with Crippen LogP contribution in [0.1, 0.15) is 16.1 Å². The lowest BCUT2D eigenvalue weighted by Gasteiger charge is -2.02. The second-order valence-corrected chi connectivity index (χ2v) is 6.10. The van der Waals surface area contributed by atoms with Crippen molar-refractivity contribution in [2.24, 2.45) is 7.05 Å². The highest BCUT2D eigenvalue weighted by Gasteiger charge is 2.08. The lowest BCUT2D eigenvalue weighted by Crippen LogP contribution is -2.29. The number of hydrogen-bond acceptors (Lipinski definition) is 5. The van der Waals surface area contributed by atoms with Crippen molar-refractivity contribution in [3.63, 3.8) is 0 Å². The molecule has 0 atom stereocenters. The van der Waals surface area contributed by atoms with Gasteiger partial charge in [-0.15, -0.1) is 11.3 Å². The first kappa shape index (κ1) is 16.0. The number of carbonyl (C=O) groups is 1. The van der Waals surface area contributed by atoms with Gasteiger partial charge >= 0.3 is 0 Å². The summed E-state index contributed by atoms with van der Waals surface area (Å²) in [7, 11) is 3.22. The van der Waals surface area contributed by atoms with E-state index < -0.39 is 0 Å². The van der Waals surface area contributed by atoms with Gasteiger partial charge in [0.25, 0.3) is 5.56 Å². The highest BCUT2D eigenvalue weighted by molar-refractivity contribution is 7.07. The number of para-hydroxylation sites is 1. The molecule has 24 heavy (non-hydrogen) atoms. The average molecular weight is 341 g/mol. The lowest BCUT2D eigenvalue weighted by molar-refractivity contribution is 0.103. The average Bonchev–Trinajstić information content (AvgIpc) is 3.21. The third kappa shape index (κ3) is 3.09. The summed E-state index contributed by atoms with van der Waals surface area (Å²) in [5.41, 5.74) is 0.646. The van der Waals surface area contributed by atoms with Crippen molar-refractivity contribution >= 4 is 29.3 Å². The summed E-state index contributed by atoms with van der Waals surface area (Å²) in [5.74, 6) is 0.650. The number of benzene rings is 1. The maximum Gasteiger partial charge on any atom is 0.268 e. The zero-order valence-electron chi connectivity index (χ0n) is 13.2. The van der Waals surface area contributed by atoms with E-state index in [1.165, 1.54) is 28.2 Å². The lowest BCUT2D eigenvalue weighted by atomic mass is 10.2. The van der Waals surface area contributed by atoms with Crippen LogP contribution in [-0.4, -0.2) is 17.5 Å². The second-order valence-electron chi connectivity index (χ2n) is 5.04. The maximum atomic E-state index is 12.4. The van der Waals surface area contributed by atoms with Crippen molar-refractivity contribution in [3.05, 3.63) is 73.5 Å². The number of hydrogen-bond donors (Lipinski definition) is 0. The van der Waals surface area contributed by atoms with E-state index in [2.05, 4.69) is 0 Å². The fraction of sp³-hybridized carbons (Fsp3) is 0.111. The third-order valence-corrected chi connectivity index (χ3v) is 4.62. The summed E-state index contributed by atoms with van der Waals surface area (Å²) in [6.45, 7) is 0. The van der Waals surface area contributed by atoms with Crippen LogP contribution in [0.2, 0.25) is 0 Å². The Morgan fingerprint density at radius 3 is 2.75 bits per heavy atom. The summed E-state index contributed by atoms with van der Waals surface area (Å²) in [6.07, 6.45) is 4.61. The number of nitrogens with zero attached hydrogens (tertiary/aromatic N) is 1. The first-order valence-electron chi connectivity index (χ1n) is 7.20. The molecule has 0 bridgehead atoms. The van der Waals surface area contributed by atoms with Gasteiger partial charge < -0.3 is 13.7 Å². The Kier molecular flexibility index (Phi) is 4.48. The van der Waals surface area contributed by atoms with Gasteiger partial charge in [0, 0.05) is 18.7 Å². The number of ether oxygens (including phenoxy) is 1. The van der Waals surface area contributed by atoms with E-state index in [0.717, 1.165) is 5.56 Å². The minimum atomic E-state index is -0.277. The van der Waals surface area contributed by atoms with Crippen molar-refractivity contribution in [2.75, 3.05) is 7.11 Å². The normalized spacial score (nSPS) is 12.6. The van der Waals surface area contributed by atoms with Gasteiger partial charge in [0.05, 0.1) is 17.9 Å². The van der Waals surface area contributed by atoms with Crippen LogP contribution in [0.25, 0.3) is 12.2 Å². The Morgan fingerprint density at radius 1 is 1.25 bits per heavy atom. The molecule has 0 N–H and O–H groups in total. The van der Waals surface area contributed by atoms with Crippen LogP contribution in [0.4, 0.5) is 0 Å². The van der Waals surface area contributed by atoms with Crippen molar-refractivity contribution in [2.45, 2.75) is 0 Å². The quantitative estimate of drug-likeness (QED) is 0.676. The fourth-order valence-electron chi connectivity index (χ4n) is 2.24. The number of Topliss-reactive ketones (excluding diaryl/α,β-unsaturated/α-hetero) is 1. The number of rotatable bonds is 4. The predicted octanol–water partition coefficient (Wildman–Crippen LogP) is 1.54. The third-order valence-electron chi connectivity index (χ3n) is 3.50. The number of furan rings is 1. The minimum Gasteiger partial charge on any atom is -0.496 e. The maximum absolute atomic E-state index is 12.4. The molecule has 5 nitrogen and oxygen atoms in total. The minimum absolute atomic E-state index is 0.163. The van der Waals surface area contributed by atoms with E-state index in [-0.39, 0.29) is 17.1 Å². The highest BCUT2D eigenvalue weighted by Crippen LogP contribution is 2.17. The number of methoxy groups -OCH3 is 1. The molecular weight excluding hydrogens is 326 g/mol. The van der Waals surface area contributed by atoms with E-state index in [4.69, 9.17) is 9.15 Å². The zero-order valence-corrected chi connectivity index (χ0v) is 14.0. The standard InChI is InChI=1S/C18H15NO4S/c1-19-17(11-13(20)15-8-5-9-23-15)24-16(18(19)21)10-12-6-3-4-7-14(12)22-2/h3-11H,1-2H3. The van der Waals surface area contributed by atoms with Crippen LogP contribution >= 0.6 is 11.3 Å². The molecule has 0 spiro atoms. The van der Waals surface area contributed by atoms with Crippen LogP contribution in [0, 0.1) is 0 Å². The van der Waals surface area contributed by atoms with E-state index in [0.29, 0.717) is 14.9 Å². The topological polar surface area (TPSA) is 61.4 Å². The SMILES string of the molecule is COc1ccccc1C=c1sc(=CC(=O)c2ccco2)n(C)c1=O. The Morgan fingerprint density at radius 2 is 2.04 bits per heavy atom. The molecule has 1 aromatic carbocycles. The highest BCUT2D eigenvalue weighted by atomic mass is 32.1. The summed E-state index contributed by atoms with van der Waals surface area (Å²) in [4.78, 5) is 24.5. The number of aromatic nitrogens is 1. The van der Waals surface area contributed by atoms with Gasteiger partial charge in [0.1, 0.15) is 10.4 Å². The van der Waals surface area contributed by atoms with Crippen LogP contribution < -0.4 is 19.5 Å². The summed E-state index contributed by atoms with van der Waals surface area (Å²) in [6, 6.07) is 10.7. The molecule has 0 fully saturated rings. The molecule has 0 amide bonds. The second kappa shape index (κ2) is 6.72. The molecule has 122 valence electrons. The molecule has 6 heteroatoms. The van der Waals surface area contributed by atoms with Crippen molar-refractivity contribution < 1.29 is 13.9 Å². The van der Waals surface area contributed by atoms with Crippen LogP contribution in [0.15, 0.2) is 51.9 Å². The van der Waals surface area contributed by atoms with Crippen LogP contribution in [0.3, 0.4) is 0 Å². The van der Waals surface area contributed by atoms with Crippen molar-refractivity contribution in [3.8, 4) is 5.75 Å². The molecule has 2 heterocycles. The summed E-state index contributed by atoms with van der Waals surface area (Å²) in [5, 5.41) is 0. The Balaban J connectivity index is 2.11. The molecule has 2 aromatic heterocycles. The largest absolute Gasteiger partial charge is 0.496 e. The first-order chi connectivity index (χ1) is 11.6. The Labute approximate surface area is 141 Å². The molecule has 0 saturated heterocycles. The number of thiazole rings is 1. The summed E-state index contributed by atoms with van der Waals surface area (Å²) >= 11 is 1.25. The van der Waals surface area contributed by atoms with Crippen LogP contribution in [-0.2, 0) is 7.05 Å². The smallest absolute Gasteiger partial charge is 0.268 e. The molecule has 3 aromatic rings. The summed E-state index contributed by atoms with van der Waals surface area (Å²) < 4.78 is 12.9. The molecule has 0 aliphatic heterocycles. The molecule has 0 aliphatic carbocycles. The molecule has 0 unspecified atom stereocenters. The Bertz CT molecular complexity index is 1040. The molecule has 0 saturated carbocycles. The van der Waals surface area contributed by atoms with Crippen LogP contribution in [0.5, 0.6) is 5.75 Å². The molecule has 0 radical (unpaired) electrons. The monoisotopic (exact) mass is 341 g/mol. The molecule has 3 rings (SSSR count). The molecular formula is C18H15NO4S. The molecule has 0 aliphatic rings. The van der Waals surface area contributed by atoms with Gasteiger partial charge in [-0.2, -0.15) is 0 Å². The first-order valence-corrected chi connectivity index (χ1v) is 8.02. The fourth-order valence-corrected chi connectivity index (χ4v) is 3.26. The van der Waals surface area contributed by atoms with Gasteiger partial charge in [0.15, 0.2) is 5.76 Å². The zero-order chi connectivity index (χ0) is 17.1. The van der Waals surface area contributed by atoms with Gasteiger partial charge in [0.2, 0.25) is 5.78 Å². The van der Waals surface area contributed by atoms with E-state index in [9.17, 15) is 9.59 Å². The Hall–Kier alpha value is -2.86. The van der Waals surface area contributed by atoms with E-state index in [1.807, 2.05) is 24.3 Å². The van der Waals surface area contributed by atoms with Gasteiger partial charge in [-0.25, -0.2) is 0 Å².